The number of rotatable bonds is 6. The smallest absolute Gasteiger partial charge is 0.323 e. The molecule has 88 valence electrons. The van der Waals surface area contributed by atoms with Gasteiger partial charge in [-0.15, -0.1) is 0 Å². The van der Waals surface area contributed by atoms with Crippen molar-refractivity contribution in [3.8, 4) is 0 Å². The Labute approximate surface area is 96.3 Å². The van der Waals surface area contributed by atoms with E-state index in [0.29, 0.717) is 0 Å². The molecule has 0 amide bonds. The Bertz CT molecular complexity index is 193. The number of hydrogen-bond acceptors (Lipinski definition) is 4. The fraction of sp³-hybridized carbons (Fsp3) is 0.909. The van der Waals surface area contributed by atoms with Crippen molar-refractivity contribution in [2.45, 2.75) is 43.9 Å². The van der Waals surface area contributed by atoms with Gasteiger partial charge >= 0.3 is 5.97 Å². The maximum Gasteiger partial charge on any atom is 0.323 e. The van der Waals surface area contributed by atoms with Gasteiger partial charge in [-0.25, -0.2) is 0 Å². The molecule has 0 radical (unpaired) electrons. The van der Waals surface area contributed by atoms with Gasteiger partial charge in [0.2, 0.25) is 0 Å². The molecule has 3 nitrogen and oxygen atoms in total. The van der Waals surface area contributed by atoms with Crippen molar-refractivity contribution in [1.29, 1.82) is 0 Å². The zero-order chi connectivity index (χ0) is 11.1. The zero-order valence-corrected chi connectivity index (χ0v) is 10.4. The van der Waals surface area contributed by atoms with Gasteiger partial charge in [0.1, 0.15) is 6.04 Å². The first-order valence-corrected chi connectivity index (χ1v) is 6.75. The molecule has 1 saturated carbocycles. The lowest BCUT2D eigenvalue weighted by atomic mass is 10.3. The van der Waals surface area contributed by atoms with E-state index in [1.54, 1.807) is 0 Å². The number of likely N-dealkylation sites (N-methyl/N-ethyl adjacent to an activating group) is 1. The van der Waals surface area contributed by atoms with Gasteiger partial charge in [0.05, 0.1) is 7.11 Å². The van der Waals surface area contributed by atoms with Crippen LogP contribution in [0.4, 0.5) is 0 Å². The molecule has 0 aromatic heterocycles. The first-order chi connectivity index (χ1) is 7.27. The summed E-state index contributed by atoms with van der Waals surface area (Å²) in [6.45, 7) is 2.82. The fourth-order valence-electron chi connectivity index (χ4n) is 1.89. The average Bonchev–Trinajstić information content (AvgIpc) is 2.76. The molecule has 4 heteroatoms. The monoisotopic (exact) mass is 231 g/mol. The van der Waals surface area contributed by atoms with Gasteiger partial charge in [-0.2, -0.15) is 11.8 Å². The number of carbonyl (C=O) groups is 1. The highest BCUT2D eigenvalue weighted by molar-refractivity contribution is 8.00. The minimum absolute atomic E-state index is 0.134. The Morgan fingerprint density at radius 2 is 2.20 bits per heavy atom. The Morgan fingerprint density at radius 1 is 1.53 bits per heavy atom. The molecule has 0 bridgehead atoms. The summed E-state index contributed by atoms with van der Waals surface area (Å²) in [5.74, 6) is 0.702. The predicted molar refractivity (Wildman–Crippen MR) is 64.2 cm³/mol. The van der Waals surface area contributed by atoms with Gasteiger partial charge < -0.3 is 10.1 Å². The van der Waals surface area contributed by atoms with E-state index in [1.807, 2.05) is 18.7 Å². The molecule has 0 spiro atoms. The van der Waals surface area contributed by atoms with Crippen LogP contribution in [0, 0.1) is 0 Å². The first kappa shape index (κ1) is 12.8. The van der Waals surface area contributed by atoms with E-state index in [-0.39, 0.29) is 12.0 Å². The maximum absolute atomic E-state index is 11.4. The summed E-state index contributed by atoms with van der Waals surface area (Å²) in [6.07, 6.45) is 5.32. The summed E-state index contributed by atoms with van der Waals surface area (Å²) in [4.78, 5) is 11.4. The number of hydrogen-bond donors (Lipinski definition) is 1. The van der Waals surface area contributed by atoms with Gasteiger partial charge in [0.25, 0.3) is 0 Å². The van der Waals surface area contributed by atoms with Gasteiger partial charge in [-0.1, -0.05) is 19.8 Å². The van der Waals surface area contributed by atoms with Gasteiger partial charge in [-0.05, 0) is 19.4 Å². The summed E-state index contributed by atoms with van der Waals surface area (Å²) in [6, 6.07) is -0.134. The highest BCUT2D eigenvalue weighted by Crippen LogP contribution is 2.29. The minimum atomic E-state index is -0.137. The van der Waals surface area contributed by atoms with Crippen LogP contribution in [0.25, 0.3) is 0 Å². The zero-order valence-electron chi connectivity index (χ0n) is 9.62. The quantitative estimate of drug-likeness (QED) is 0.708. The Morgan fingerprint density at radius 3 is 2.73 bits per heavy atom. The van der Waals surface area contributed by atoms with Crippen molar-refractivity contribution in [2.24, 2.45) is 0 Å². The summed E-state index contributed by atoms with van der Waals surface area (Å²) in [7, 11) is 1.45. The van der Waals surface area contributed by atoms with Crippen LogP contribution >= 0.6 is 11.8 Å². The van der Waals surface area contributed by atoms with E-state index in [4.69, 9.17) is 4.74 Å². The molecule has 1 aliphatic rings. The standard InChI is InChI=1S/C11H21NO2S/c1-3-12-10(11(13)14-2)8-15-9-6-4-5-7-9/h9-10,12H,3-8H2,1-2H3. The third-order valence-corrected chi connectivity index (χ3v) is 4.21. The molecule has 1 rings (SSSR count). The summed E-state index contributed by atoms with van der Waals surface area (Å²) < 4.78 is 4.77. The van der Waals surface area contributed by atoms with Gasteiger partial charge in [0.15, 0.2) is 0 Å². The molecule has 0 saturated heterocycles. The lowest BCUT2D eigenvalue weighted by molar-refractivity contribution is -0.142. The minimum Gasteiger partial charge on any atom is -0.468 e. The van der Waals surface area contributed by atoms with E-state index in [0.717, 1.165) is 17.5 Å². The predicted octanol–water partition coefficient (Wildman–Crippen LogP) is 1.81. The first-order valence-electron chi connectivity index (χ1n) is 5.70. The van der Waals surface area contributed by atoms with Crippen molar-refractivity contribution < 1.29 is 9.53 Å². The van der Waals surface area contributed by atoms with E-state index in [1.165, 1.54) is 32.8 Å². The Kier molecular flexibility index (Phi) is 6.10. The summed E-state index contributed by atoms with van der Waals surface area (Å²) >= 11 is 1.91. The topological polar surface area (TPSA) is 38.3 Å². The van der Waals surface area contributed by atoms with Crippen molar-refractivity contribution in [1.82, 2.24) is 5.32 Å². The molecule has 0 aromatic rings. The van der Waals surface area contributed by atoms with E-state index in [2.05, 4.69) is 5.32 Å². The average molecular weight is 231 g/mol. The second-order valence-electron chi connectivity index (χ2n) is 3.87. The molecule has 0 heterocycles. The maximum atomic E-state index is 11.4. The fourth-order valence-corrected chi connectivity index (χ4v) is 3.27. The van der Waals surface area contributed by atoms with Gasteiger partial charge in [0, 0.05) is 11.0 Å². The van der Waals surface area contributed by atoms with Crippen molar-refractivity contribution in [2.75, 3.05) is 19.4 Å². The SMILES string of the molecule is CCNC(CSC1CCCC1)C(=O)OC. The number of carbonyl (C=O) groups excluding carboxylic acids is 1. The van der Waals surface area contributed by atoms with Crippen LogP contribution in [0.2, 0.25) is 0 Å². The van der Waals surface area contributed by atoms with E-state index >= 15 is 0 Å². The molecule has 1 aliphatic carbocycles. The molecule has 0 aliphatic heterocycles. The van der Waals surface area contributed by atoms with Crippen LogP contribution in [0.1, 0.15) is 32.6 Å². The third-order valence-electron chi connectivity index (χ3n) is 2.74. The van der Waals surface area contributed by atoms with Crippen LogP contribution in [0.5, 0.6) is 0 Å². The van der Waals surface area contributed by atoms with Crippen LogP contribution in [-0.4, -0.2) is 36.7 Å². The molecule has 1 unspecified atom stereocenters. The van der Waals surface area contributed by atoms with Crippen LogP contribution < -0.4 is 5.32 Å². The number of nitrogens with one attached hydrogen (secondary N) is 1. The number of methoxy groups -OCH3 is 1. The van der Waals surface area contributed by atoms with Crippen molar-refractivity contribution >= 4 is 17.7 Å². The van der Waals surface area contributed by atoms with Crippen molar-refractivity contribution in [3.05, 3.63) is 0 Å². The molecule has 0 aromatic carbocycles. The Hall–Kier alpha value is -0.220. The highest BCUT2D eigenvalue weighted by atomic mass is 32.2. The van der Waals surface area contributed by atoms with Crippen LogP contribution in [0.3, 0.4) is 0 Å². The number of thioether (sulfide) groups is 1. The second kappa shape index (κ2) is 7.12. The molecular weight excluding hydrogens is 210 g/mol. The summed E-state index contributed by atoms with van der Waals surface area (Å²) in [5.41, 5.74) is 0. The lowest BCUT2D eigenvalue weighted by Gasteiger charge is -2.17. The second-order valence-corrected chi connectivity index (χ2v) is 5.21. The number of esters is 1. The Balaban J connectivity index is 2.26. The molecule has 1 atom stereocenters. The molecule has 15 heavy (non-hydrogen) atoms. The number of ether oxygens (including phenoxy) is 1. The normalized spacial score (nSPS) is 19.1. The van der Waals surface area contributed by atoms with Crippen molar-refractivity contribution in [3.63, 3.8) is 0 Å². The van der Waals surface area contributed by atoms with E-state index in [9.17, 15) is 4.79 Å². The third kappa shape index (κ3) is 4.43. The highest BCUT2D eigenvalue weighted by Gasteiger charge is 2.21. The van der Waals surface area contributed by atoms with Gasteiger partial charge in [-0.3, -0.25) is 4.79 Å². The van der Waals surface area contributed by atoms with E-state index < -0.39 is 0 Å². The summed E-state index contributed by atoms with van der Waals surface area (Å²) in [5, 5.41) is 3.92. The molecular formula is C11H21NO2S. The molecule has 1 fully saturated rings. The van der Waals surface area contributed by atoms with Crippen LogP contribution in [0.15, 0.2) is 0 Å². The molecule has 1 N–H and O–H groups in total. The largest absolute Gasteiger partial charge is 0.468 e. The lowest BCUT2D eigenvalue weighted by Crippen LogP contribution is -2.39. The van der Waals surface area contributed by atoms with Crippen LogP contribution in [-0.2, 0) is 9.53 Å².